The van der Waals surface area contributed by atoms with Gasteiger partial charge in [0, 0.05) is 10.6 Å². The molecular weight excluding hydrogens is 374 g/mol. The highest BCUT2D eigenvalue weighted by molar-refractivity contribution is 7.99. The van der Waals surface area contributed by atoms with Crippen LogP contribution in [0.5, 0.6) is 0 Å². The van der Waals surface area contributed by atoms with E-state index in [1.807, 2.05) is 38.1 Å². The lowest BCUT2D eigenvalue weighted by molar-refractivity contribution is 0.699. The first kappa shape index (κ1) is 18.3. The maximum absolute atomic E-state index is 13.5. The zero-order valence-corrected chi connectivity index (χ0v) is 17.1. The number of rotatable bonds is 4. The molecule has 0 N–H and O–H groups in total. The summed E-state index contributed by atoms with van der Waals surface area (Å²) in [6.45, 7) is 3.93. The zero-order chi connectivity index (χ0) is 19.0. The molecule has 1 aliphatic rings. The van der Waals surface area contributed by atoms with E-state index in [9.17, 15) is 4.79 Å². The highest BCUT2D eigenvalue weighted by atomic mass is 32.2. The van der Waals surface area contributed by atoms with Gasteiger partial charge in [0.05, 0.1) is 23.1 Å². The standard InChI is InChI=1S/C21H21N3OS2/c1-13-7-9-15(10-8-13)24-20(25)18-16-5-3-4-6-17(16)27-19(18)23-21(24)26-12-14(2)11-22/h7-10,14H,3-6,12H2,1-2H3/t14-/m1/s1. The van der Waals surface area contributed by atoms with Crippen molar-refractivity contribution in [1.82, 2.24) is 9.55 Å². The molecule has 6 heteroatoms. The Morgan fingerprint density at radius 2 is 2.04 bits per heavy atom. The van der Waals surface area contributed by atoms with E-state index in [4.69, 9.17) is 10.2 Å². The summed E-state index contributed by atoms with van der Waals surface area (Å²) in [6, 6.07) is 10.2. The van der Waals surface area contributed by atoms with E-state index in [1.54, 1.807) is 15.9 Å². The van der Waals surface area contributed by atoms with Crippen molar-refractivity contribution >= 4 is 33.3 Å². The molecule has 0 fully saturated rings. The van der Waals surface area contributed by atoms with Crippen LogP contribution in [0.1, 0.15) is 35.8 Å². The predicted octanol–water partition coefficient (Wildman–Crippen LogP) is 4.89. The van der Waals surface area contributed by atoms with E-state index in [2.05, 4.69) is 6.07 Å². The van der Waals surface area contributed by atoms with Crippen LogP contribution in [0.25, 0.3) is 15.9 Å². The molecule has 0 spiro atoms. The summed E-state index contributed by atoms with van der Waals surface area (Å²) in [5, 5.41) is 10.6. The molecule has 0 radical (unpaired) electrons. The van der Waals surface area contributed by atoms with Crippen LogP contribution in [-0.4, -0.2) is 15.3 Å². The number of nitriles is 1. The minimum atomic E-state index is -0.0920. The molecule has 4 rings (SSSR count). The second kappa shape index (κ2) is 7.49. The summed E-state index contributed by atoms with van der Waals surface area (Å²) in [5.74, 6) is 0.524. The molecule has 0 bridgehead atoms. The van der Waals surface area contributed by atoms with Crippen molar-refractivity contribution < 1.29 is 0 Å². The Hall–Kier alpha value is -2.10. The van der Waals surface area contributed by atoms with Crippen LogP contribution in [0.3, 0.4) is 0 Å². The number of thioether (sulfide) groups is 1. The number of fused-ring (bicyclic) bond motifs is 3. The van der Waals surface area contributed by atoms with E-state index in [0.717, 1.165) is 40.7 Å². The van der Waals surface area contributed by atoms with E-state index >= 15 is 0 Å². The summed E-state index contributed by atoms with van der Waals surface area (Å²) in [7, 11) is 0. The van der Waals surface area contributed by atoms with Gasteiger partial charge in [-0.3, -0.25) is 9.36 Å². The Bertz CT molecular complexity index is 1090. The molecular formula is C21H21N3OS2. The topological polar surface area (TPSA) is 58.7 Å². The van der Waals surface area contributed by atoms with Crippen molar-refractivity contribution in [3.05, 3.63) is 50.6 Å². The average Bonchev–Trinajstić information content (AvgIpc) is 3.05. The Labute approximate surface area is 166 Å². The average molecular weight is 396 g/mol. The van der Waals surface area contributed by atoms with Gasteiger partial charge in [-0.1, -0.05) is 29.5 Å². The molecule has 4 nitrogen and oxygen atoms in total. The first-order chi connectivity index (χ1) is 13.1. The highest BCUT2D eigenvalue weighted by Gasteiger charge is 2.23. The van der Waals surface area contributed by atoms with Gasteiger partial charge < -0.3 is 0 Å². The summed E-state index contributed by atoms with van der Waals surface area (Å²) >= 11 is 3.16. The van der Waals surface area contributed by atoms with Crippen LogP contribution in [0.2, 0.25) is 0 Å². The van der Waals surface area contributed by atoms with Crippen molar-refractivity contribution in [2.24, 2.45) is 5.92 Å². The first-order valence-corrected chi connectivity index (χ1v) is 11.1. The molecule has 1 aromatic carbocycles. The molecule has 3 aromatic rings. The molecule has 2 heterocycles. The smallest absolute Gasteiger partial charge is 0.267 e. The lowest BCUT2D eigenvalue weighted by Crippen LogP contribution is -2.22. The van der Waals surface area contributed by atoms with Crippen LogP contribution in [0, 0.1) is 24.2 Å². The lowest BCUT2D eigenvalue weighted by Gasteiger charge is -2.14. The fourth-order valence-electron chi connectivity index (χ4n) is 3.44. The first-order valence-electron chi connectivity index (χ1n) is 9.25. The van der Waals surface area contributed by atoms with Gasteiger partial charge in [0.1, 0.15) is 4.83 Å². The second-order valence-corrected chi connectivity index (χ2v) is 9.17. The Balaban J connectivity index is 1.93. The zero-order valence-electron chi connectivity index (χ0n) is 15.5. The Kier molecular flexibility index (Phi) is 5.07. The minimum absolute atomic E-state index is 0.0235. The van der Waals surface area contributed by atoms with Crippen molar-refractivity contribution in [2.45, 2.75) is 44.7 Å². The van der Waals surface area contributed by atoms with Crippen LogP contribution in [0.4, 0.5) is 0 Å². The monoisotopic (exact) mass is 395 g/mol. The van der Waals surface area contributed by atoms with Gasteiger partial charge in [-0.05, 0) is 57.2 Å². The van der Waals surface area contributed by atoms with Gasteiger partial charge in [-0.2, -0.15) is 5.26 Å². The maximum atomic E-state index is 13.5. The van der Waals surface area contributed by atoms with Crippen LogP contribution >= 0.6 is 23.1 Å². The van der Waals surface area contributed by atoms with Gasteiger partial charge in [0.15, 0.2) is 5.16 Å². The number of hydrogen-bond acceptors (Lipinski definition) is 5. The van der Waals surface area contributed by atoms with Gasteiger partial charge in [0.25, 0.3) is 5.56 Å². The molecule has 1 aliphatic carbocycles. The molecule has 0 unspecified atom stereocenters. The third kappa shape index (κ3) is 3.42. The van der Waals surface area contributed by atoms with Crippen molar-refractivity contribution in [3.8, 4) is 11.8 Å². The summed E-state index contributed by atoms with van der Waals surface area (Å²) in [4.78, 5) is 20.6. The van der Waals surface area contributed by atoms with Gasteiger partial charge in [0.2, 0.25) is 0 Å². The Morgan fingerprint density at radius 1 is 1.30 bits per heavy atom. The molecule has 27 heavy (non-hydrogen) atoms. The number of aryl methyl sites for hydroxylation is 3. The Morgan fingerprint density at radius 3 is 2.78 bits per heavy atom. The van der Waals surface area contributed by atoms with E-state index < -0.39 is 0 Å². The molecule has 1 atom stereocenters. The molecule has 2 aromatic heterocycles. The quantitative estimate of drug-likeness (QED) is 0.466. The fourth-order valence-corrected chi connectivity index (χ4v) is 5.70. The predicted molar refractivity (Wildman–Crippen MR) is 112 cm³/mol. The van der Waals surface area contributed by atoms with Crippen LogP contribution in [0.15, 0.2) is 34.2 Å². The molecule has 0 saturated heterocycles. The number of aromatic nitrogens is 2. The summed E-state index contributed by atoms with van der Waals surface area (Å²) < 4.78 is 1.73. The van der Waals surface area contributed by atoms with Gasteiger partial charge >= 0.3 is 0 Å². The normalized spacial score (nSPS) is 14.7. The van der Waals surface area contributed by atoms with Gasteiger partial charge in [-0.15, -0.1) is 11.3 Å². The van der Waals surface area contributed by atoms with E-state index in [0.29, 0.717) is 10.9 Å². The molecule has 0 saturated carbocycles. The lowest BCUT2D eigenvalue weighted by atomic mass is 9.97. The fraction of sp³-hybridized carbons (Fsp3) is 0.381. The number of nitrogens with zero attached hydrogens (tertiary/aromatic N) is 3. The number of hydrogen-bond donors (Lipinski definition) is 0. The third-order valence-corrected chi connectivity index (χ3v) is 7.32. The highest BCUT2D eigenvalue weighted by Crippen LogP contribution is 2.35. The van der Waals surface area contributed by atoms with Gasteiger partial charge in [-0.25, -0.2) is 4.98 Å². The summed E-state index contributed by atoms with van der Waals surface area (Å²) in [6.07, 6.45) is 4.35. The maximum Gasteiger partial charge on any atom is 0.267 e. The van der Waals surface area contributed by atoms with E-state index in [-0.39, 0.29) is 11.5 Å². The summed E-state index contributed by atoms with van der Waals surface area (Å²) in [5.41, 5.74) is 3.22. The SMILES string of the molecule is Cc1ccc(-n2c(SC[C@H](C)C#N)nc3sc4c(c3c2=O)CCCC4)cc1. The van der Waals surface area contributed by atoms with E-state index in [1.165, 1.54) is 28.6 Å². The number of benzene rings is 1. The van der Waals surface area contributed by atoms with Crippen LogP contribution in [-0.2, 0) is 12.8 Å². The van der Waals surface area contributed by atoms with Crippen molar-refractivity contribution in [2.75, 3.05) is 5.75 Å². The molecule has 138 valence electrons. The number of thiophene rings is 1. The van der Waals surface area contributed by atoms with Crippen LogP contribution < -0.4 is 5.56 Å². The largest absolute Gasteiger partial charge is 0.268 e. The third-order valence-electron chi connectivity index (χ3n) is 4.93. The molecule has 0 amide bonds. The van der Waals surface area contributed by atoms with Crippen molar-refractivity contribution in [3.63, 3.8) is 0 Å². The minimum Gasteiger partial charge on any atom is -0.268 e. The molecule has 0 aliphatic heterocycles. The van der Waals surface area contributed by atoms with Crippen molar-refractivity contribution in [1.29, 1.82) is 5.26 Å². The second-order valence-electron chi connectivity index (χ2n) is 7.10.